The van der Waals surface area contributed by atoms with Crippen LogP contribution in [0.25, 0.3) is 16.7 Å². The van der Waals surface area contributed by atoms with Crippen molar-refractivity contribution in [2.75, 3.05) is 12.8 Å². The number of imidazole rings is 1. The van der Waals surface area contributed by atoms with E-state index in [0.717, 1.165) is 27.4 Å². The number of rotatable bonds is 2. The molecule has 0 bridgehead atoms. The van der Waals surface area contributed by atoms with Crippen molar-refractivity contribution in [3.05, 3.63) is 42.5 Å². The van der Waals surface area contributed by atoms with Gasteiger partial charge in [-0.1, -0.05) is 0 Å². The highest BCUT2D eigenvalue weighted by Crippen LogP contribution is 2.26. The molecule has 0 aliphatic carbocycles. The first-order valence-corrected chi connectivity index (χ1v) is 6.25. The first kappa shape index (κ1) is 11.9. The summed E-state index contributed by atoms with van der Waals surface area (Å²) in [6.07, 6.45) is 0. The van der Waals surface area contributed by atoms with Crippen LogP contribution in [0.4, 0.5) is 5.95 Å². The normalized spacial score (nSPS) is 10.8. The van der Waals surface area contributed by atoms with Crippen molar-refractivity contribution in [1.82, 2.24) is 9.55 Å². The number of thiol groups is 1. The van der Waals surface area contributed by atoms with Gasteiger partial charge in [0.05, 0.1) is 18.1 Å². The van der Waals surface area contributed by atoms with Gasteiger partial charge in [0.15, 0.2) is 0 Å². The Hall–Kier alpha value is -2.14. The second-order valence-electron chi connectivity index (χ2n) is 4.18. The number of nitrogens with two attached hydrogens (primary N) is 1. The molecular weight excluding hydrogens is 258 g/mol. The maximum Gasteiger partial charge on any atom is 0.205 e. The zero-order chi connectivity index (χ0) is 13.4. The summed E-state index contributed by atoms with van der Waals surface area (Å²) in [5.74, 6) is 1.26. The van der Waals surface area contributed by atoms with Crippen molar-refractivity contribution in [2.24, 2.45) is 0 Å². The van der Waals surface area contributed by atoms with Gasteiger partial charge in [0.2, 0.25) is 5.95 Å². The summed E-state index contributed by atoms with van der Waals surface area (Å²) in [7, 11) is 1.64. The Kier molecular flexibility index (Phi) is 2.83. The zero-order valence-corrected chi connectivity index (χ0v) is 11.3. The molecule has 0 amide bonds. The summed E-state index contributed by atoms with van der Waals surface area (Å²) < 4.78 is 7.05. The Morgan fingerprint density at radius 1 is 1.16 bits per heavy atom. The molecule has 0 saturated heterocycles. The smallest absolute Gasteiger partial charge is 0.205 e. The number of nitrogens with zero attached hydrogens (tertiary/aromatic N) is 2. The van der Waals surface area contributed by atoms with Gasteiger partial charge < -0.3 is 10.5 Å². The summed E-state index contributed by atoms with van der Waals surface area (Å²) >= 11 is 4.36. The summed E-state index contributed by atoms with van der Waals surface area (Å²) in [6.45, 7) is 0. The van der Waals surface area contributed by atoms with Gasteiger partial charge in [0.25, 0.3) is 0 Å². The Morgan fingerprint density at radius 2 is 1.89 bits per heavy atom. The second-order valence-corrected chi connectivity index (χ2v) is 4.69. The Bertz CT molecular complexity index is 734. The molecule has 1 aromatic heterocycles. The monoisotopic (exact) mass is 271 g/mol. The van der Waals surface area contributed by atoms with Crippen molar-refractivity contribution in [1.29, 1.82) is 0 Å². The molecule has 0 radical (unpaired) electrons. The van der Waals surface area contributed by atoms with Crippen molar-refractivity contribution in [3.63, 3.8) is 0 Å². The number of fused-ring (bicyclic) bond motifs is 1. The van der Waals surface area contributed by atoms with Crippen molar-refractivity contribution >= 4 is 29.6 Å². The molecule has 3 aromatic rings. The third-order valence-corrected chi connectivity index (χ3v) is 3.27. The number of nitrogen functional groups attached to an aromatic ring is 1. The second kappa shape index (κ2) is 4.51. The van der Waals surface area contributed by atoms with E-state index in [1.807, 2.05) is 47.0 Å². The lowest BCUT2D eigenvalue weighted by Gasteiger charge is -2.07. The quantitative estimate of drug-likeness (QED) is 0.705. The van der Waals surface area contributed by atoms with E-state index in [1.54, 1.807) is 7.11 Å². The Labute approximate surface area is 116 Å². The number of anilines is 1. The fraction of sp³-hybridized carbons (Fsp3) is 0.0714. The first-order valence-electron chi connectivity index (χ1n) is 5.80. The summed E-state index contributed by atoms with van der Waals surface area (Å²) in [5, 5.41) is 0. The molecule has 0 saturated carbocycles. The number of benzene rings is 2. The van der Waals surface area contributed by atoms with Gasteiger partial charge in [0.1, 0.15) is 5.75 Å². The lowest BCUT2D eigenvalue weighted by Crippen LogP contribution is -2.00. The standard InChI is InChI=1S/C14H13N3OS/c1-18-10-4-2-9(3-5-10)17-13-8-11(19)6-7-12(13)16-14(17)15/h2-8,19H,1H3,(H2,15,16). The van der Waals surface area contributed by atoms with Gasteiger partial charge >= 0.3 is 0 Å². The first-order chi connectivity index (χ1) is 9.19. The van der Waals surface area contributed by atoms with Gasteiger partial charge in [-0.25, -0.2) is 4.98 Å². The van der Waals surface area contributed by atoms with Gasteiger partial charge in [-0.05, 0) is 42.5 Å². The summed E-state index contributed by atoms with van der Waals surface area (Å²) in [6, 6.07) is 13.4. The van der Waals surface area contributed by atoms with E-state index in [0.29, 0.717) is 5.95 Å². The average molecular weight is 271 g/mol. The molecule has 0 spiro atoms. The maximum absolute atomic E-state index is 6.00. The van der Waals surface area contributed by atoms with Gasteiger partial charge in [-0.2, -0.15) is 0 Å². The highest BCUT2D eigenvalue weighted by Gasteiger charge is 2.10. The molecule has 4 nitrogen and oxygen atoms in total. The van der Waals surface area contributed by atoms with E-state index in [1.165, 1.54) is 0 Å². The number of methoxy groups -OCH3 is 1. The van der Waals surface area contributed by atoms with Gasteiger partial charge in [-0.3, -0.25) is 4.57 Å². The largest absolute Gasteiger partial charge is 0.497 e. The maximum atomic E-state index is 6.00. The molecule has 0 aliphatic rings. The minimum atomic E-state index is 0.458. The minimum Gasteiger partial charge on any atom is -0.497 e. The van der Waals surface area contributed by atoms with Crippen LogP contribution in [-0.4, -0.2) is 16.7 Å². The molecule has 19 heavy (non-hydrogen) atoms. The van der Waals surface area contributed by atoms with Crippen molar-refractivity contribution < 1.29 is 4.74 Å². The van der Waals surface area contributed by atoms with E-state index in [2.05, 4.69) is 17.6 Å². The molecule has 3 rings (SSSR count). The van der Waals surface area contributed by atoms with Crippen LogP contribution in [0.2, 0.25) is 0 Å². The van der Waals surface area contributed by atoms with E-state index in [-0.39, 0.29) is 0 Å². The van der Waals surface area contributed by atoms with Crippen LogP contribution in [0.5, 0.6) is 5.75 Å². The highest BCUT2D eigenvalue weighted by molar-refractivity contribution is 7.80. The molecule has 96 valence electrons. The number of hydrogen-bond donors (Lipinski definition) is 2. The van der Waals surface area contributed by atoms with E-state index < -0.39 is 0 Å². The SMILES string of the molecule is COc1ccc(-n2c(N)nc3ccc(S)cc32)cc1. The molecule has 0 aliphatic heterocycles. The van der Waals surface area contributed by atoms with Crippen LogP contribution in [0.15, 0.2) is 47.4 Å². The van der Waals surface area contributed by atoms with E-state index in [4.69, 9.17) is 10.5 Å². The highest BCUT2D eigenvalue weighted by atomic mass is 32.1. The number of ether oxygens (including phenoxy) is 1. The molecule has 0 fully saturated rings. The third kappa shape index (κ3) is 2.02. The Balaban J connectivity index is 2.22. The van der Waals surface area contributed by atoms with E-state index in [9.17, 15) is 0 Å². The Morgan fingerprint density at radius 3 is 2.58 bits per heavy atom. The van der Waals surface area contributed by atoms with Crippen LogP contribution < -0.4 is 10.5 Å². The fourth-order valence-electron chi connectivity index (χ4n) is 2.08. The molecule has 2 aromatic carbocycles. The van der Waals surface area contributed by atoms with E-state index >= 15 is 0 Å². The zero-order valence-electron chi connectivity index (χ0n) is 10.4. The number of aromatic nitrogens is 2. The third-order valence-electron chi connectivity index (χ3n) is 2.99. The van der Waals surface area contributed by atoms with Crippen LogP contribution in [0.1, 0.15) is 0 Å². The van der Waals surface area contributed by atoms with Crippen LogP contribution in [-0.2, 0) is 0 Å². The molecule has 2 N–H and O–H groups in total. The molecule has 0 unspecified atom stereocenters. The molecule has 5 heteroatoms. The predicted molar refractivity (Wildman–Crippen MR) is 79.3 cm³/mol. The minimum absolute atomic E-state index is 0.458. The molecular formula is C14H13N3OS. The summed E-state index contributed by atoms with van der Waals surface area (Å²) in [4.78, 5) is 5.23. The molecule has 1 heterocycles. The van der Waals surface area contributed by atoms with Crippen LogP contribution in [0, 0.1) is 0 Å². The van der Waals surface area contributed by atoms with Gasteiger partial charge in [-0.15, -0.1) is 12.6 Å². The van der Waals surface area contributed by atoms with Crippen LogP contribution in [0.3, 0.4) is 0 Å². The van der Waals surface area contributed by atoms with Crippen LogP contribution >= 0.6 is 12.6 Å². The lowest BCUT2D eigenvalue weighted by molar-refractivity contribution is 0.415. The predicted octanol–water partition coefficient (Wildman–Crippen LogP) is 2.91. The van der Waals surface area contributed by atoms with Crippen molar-refractivity contribution in [2.45, 2.75) is 4.90 Å². The van der Waals surface area contributed by atoms with Crippen molar-refractivity contribution in [3.8, 4) is 11.4 Å². The summed E-state index contributed by atoms with van der Waals surface area (Å²) in [5.41, 5.74) is 8.74. The molecule has 0 atom stereocenters. The topological polar surface area (TPSA) is 53.1 Å². The lowest BCUT2D eigenvalue weighted by atomic mass is 10.2. The fourth-order valence-corrected chi connectivity index (χ4v) is 2.28. The van der Waals surface area contributed by atoms with Gasteiger partial charge in [0, 0.05) is 10.6 Å². The average Bonchev–Trinajstić information content (AvgIpc) is 2.74. The number of hydrogen-bond acceptors (Lipinski definition) is 4.